The molecule has 0 saturated heterocycles. The topological polar surface area (TPSA) is 17.8 Å². The number of fused-ring (bicyclic) bond motifs is 1. The van der Waals surface area contributed by atoms with Crippen LogP contribution in [0.15, 0.2) is 22.7 Å². The van der Waals surface area contributed by atoms with Crippen LogP contribution >= 0.6 is 27.5 Å². The van der Waals surface area contributed by atoms with E-state index in [0.717, 1.165) is 28.8 Å². The van der Waals surface area contributed by atoms with Crippen LogP contribution in [0.1, 0.15) is 44.9 Å². The number of rotatable bonds is 5. The molecule has 1 aromatic carbocycles. The molecule has 0 N–H and O–H groups in total. The fourth-order valence-corrected chi connectivity index (χ4v) is 4.21. The summed E-state index contributed by atoms with van der Waals surface area (Å²) in [5.41, 5.74) is 2.79. The minimum Gasteiger partial charge on any atom is -0.327 e. The fourth-order valence-electron chi connectivity index (χ4n) is 3.69. The van der Waals surface area contributed by atoms with Gasteiger partial charge in [-0.15, -0.1) is 11.6 Å². The molecule has 4 heteroatoms. The van der Waals surface area contributed by atoms with Crippen molar-refractivity contribution in [3.63, 3.8) is 0 Å². The maximum atomic E-state index is 5.99. The molecule has 0 unspecified atom stereocenters. The van der Waals surface area contributed by atoms with Crippen LogP contribution in [0.2, 0.25) is 0 Å². The molecule has 3 rings (SSSR count). The average molecular weight is 370 g/mol. The Morgan fingerprint density at radius 2 is 2.10 bits per heavy atom. The van der Waals surface area contributed by atoms with Gasteiger partial charge in [0.2, 0.25) is 0 Å². The second-order valence-corrected chi connectivity index (χ2v) is 7.54. The second kappa shape index (κ2) is 6.29. The molecule has 2 aromatic rings. The zero-order valence-electron chi connectivity index (χ0n) is 12.5. The number of nitrogens with zero attached hydrogens (tertiary/aromatic N) is 2. The molecule has 0 bridgehead atoms. The van der Waals surface area contributed by atoms with Crippen molar-refractivity contribution in [1.82, 2.24) is 9.55 Å². The van der Waals surface area contributed by atoms with Gasteiger partial charge in [-0.2, -0.15) is 0 Å². The predicted molar refractivity (Wildman–Crippen MR) is 93.0 cm³/mol. The van der Waals surface area contributed by atoms with Gasteiger partial charge in [-0.25, -0.2) is 4.98 Å². The normalized spacial score (nSPS) is 17.7. The van der Waals surface area contributed by atoms with Crippen LogP contribution < -0.4 is 0 Å². The van der Waals surface area contributed by atoms with E-state index >= 15 is 0 Å². The third-order valence-corrected chi connectivity index (χ3v) is 5.70. The van der Waals surface area contributed by atoms with Crippen LogP contribution in [0.5, 0.6) is 0 Å². The lowest BCUT2D eigenvalue weighted by atomic mass is 9.83. The SMILES string of the molecule is CCC1(Cn2c(CCCl)nc3cc(Br)ccc32)CCCC1. The van der Waals surface area contributed by atoms with Gasteiger partial charge in [0.05, 0.1) is 11.0 Å². The van der Waals surface area contributed by atoms with E-state index in [0.29, 0.717) is 11.3 Å². The summed E-state index contributed by atoms with van der Waals surface area (Å²) in [5.74, 6) is 1.77. The summed E-state index contributed by atoms with van der Waals surface area (Å²) in [7, 11) is 0. The highest BCUT2D eigenvalue weighted by atomic mass is 79.9. The summed E-state index contributed by atoms with van der Waals surface area (Å²) in [6.07, 6.45) is 7.53. The summed E-state index contributed by atoms with van der Waals surface area (Å²) in [4.78, 5) is 4.82. The van der Waals surface area contributed by atoms with Crippen molar-refractivity contribution >= 4 is 38.6 Å². The Labute approximate surface area is 140 Å². The highest BCUT2D eigenvalue weighted by Gasteiger charge is 2.33. The van der Waals surface area contributed by atoms with Gasteiger partial charge in [0.15, 0.2) is 0 Å². The molecule has 21 heavy (non-hydrogen) atoms. The van der Waals surface area contributed by atoms with E-state index in [-0.39, 0.29) is 0 Å². The Hall–Kier alpha value is -0.540. The number of aromatic nitrogens is 2. The Balaban J connectivity index is 2.04. The summed E-state index contributed by atoms with van der Waals surface area (Å²) in [6, 6.07) is 6.40. The zero-order valence-corrected chi connectivity index (χ0v) is 14.9. The van der Waals surface area contributed by atoms with Crippen molar-refractivity contribution < 1.29 is 0 Å². The number of benzene rings is 1. The molecule has 0 spiro atoms. The second-order valence-electron chi connectivity index (χ2n) is 6.25. The minimum absolute atomic E-state index is 0.460. The van der Waals surface area contributed by atoms with E-state index < -0.39 is 0 Å². The molecule has 2 nitrogen and oxygen atoms in total. The van der Waals surface area contributed by atoms with Crippen LogP contribution in [0.25, 0.3) is 11.0 Å². The van der Waals surface area contributed by atoms with E-state index in [4.69, 9.17) is 16.6 Å². The molecule has 1 saturated carbocycles. The largest absolute Gasteiger partial charge is 0.327 e. The van der Waals surface area contributed by atoms with Crippen LogP contribution in [0.3, 0.4) is 0 Å². The van der Waals surface area contributed by atoms with Crippen molar-refractivity contribution in [2.24, 2.45) is 5.41 Å². The van der Waals surface area contributed by atoms with Crippen molar-refractivity contribution in [3.8, 4) is 0 Å². The van der Waals surface area contributed by atoms with Crippen LogP contribution in [-0.2, 0) is 13.0 Å². The first-order valence-corrected chi connectivity index (χ1v) is 9.21. The highest BCUT2D eigenvalue weighted by molar-refractivity contribution is 9.10. The minimum atomic E-state index is 0.460. The zero-order chi connectivity index (χ0) is 14.9. The molecule has 1 heterocycles. The lowest BCUT2D eigenvalue weighted by molar-refractivity contribution is 0.238. The van der Waals surface area contributed by atoms with Crippen LogP contribution in [0.4, 0.5) is 0 Å². The first-order valence-electron chi connectivity index (χ1n) is 7.88. The van der Waals surface area contributed by atoms with E-state index in [2.05, 4.69) is 45.6 Å². The first-order chi connectivity index (χ1) is 10.2. The molecule has 1 aromatic heterocycles. The number of imidazole rings is 1. The van der Waals surface area contributed by atoms with Crippen molar-refractivity contribution in [2.75, 3.05) is 5.88 Å². The molecule has 1 aliphatic rings. The van der Waals surface area contributed by atoms with Gasteiger partial charge in [-0.1, -0.05) is 35.7 Å². The highest BCUT2D eigenvalue weighted by Crippen LogP contribution is 2.43. The molecule has 0 radical (unpaired) electrons. The summed E-state index contributed by atoms with van der Waals surface area (Å²) in [5, 5.41) is 0. The predicted octanol–water partition coefficient (Wildman–Crippen LogP) is 5.55. The van der Waals surface area contributed by atoms with Gasteiger partial charge in [0, 0.05) is 23.3 Å². The lowest BCUT2D eigenvalue weighted by Gasteiger charge is -2.29. The summed E-state index contributed by atoms with van der Waals surface area (Å²) >= 11 is 9.53. The number of hydrogen-bond donors (Lipinski definition) is 0. The smallest absolute Gasteiger partial charge is 0.111 e. The van der Waals surface area contributed by atoms with E-state index in [1.54, 1.807) is 0 Å². The van der Waals surface area contributed by atoms with Crippen molar-refractivity contribution in [2.45, 2.75) is 52.0 Å². The molecule has 1 fully saturated rings. The lowest BCUT2D eigenvalue weighted by Crippen LogP contribution is -2.24. The van der Waals surface area contributed by atoms with Gasteiger partial charge >= 0.3 is 0 Å². The van der Waals surface area contributed by atoms with E-state index in [1.165, 1.54) is 37.6 Å². The van der Waals surface area contributed by atoms with Crippen LogP contribution in [-0.4, -0.2) is 15.4 Å². The first kappa shape index (κ1) is 15.4. The molecule has 0 amide bonds. The quantitative estimate of drug-likeness (QED) is 0.632. The standard InChI is InChI=1S/C17H22BrClN2/c1-2-17(8-3-4-9-17)12-21-15-6-5-13(18)11-14(15)20-16(21)7-10-19/h5-6,11H,2-4,7-10,12H2,1H3. The Bertz CT molecular complexity index is 629. The van der Waals surface area contributed by atoms with Gasteiger partial charge in [-0.05, 0) is 42.9 Å². The van der Waals surface area contributed by atoms with Gasteiger partial charge in [0.25, 0.3) is 0 Å². The Morgan fingerprint density at radius 3 is 2.76 bits per heavy atom. The number of aryl methyl sites for hydroxylation is 1. The Morgan fingerprint density at radius 1 is 1.33 bits per heavy atom. The maximum absolute atomic E-state index is 5.99. The number of alkyl halides is 1. The third kappa shape index (κ3) is 3.00. The van der Waals surface area contributed by atoms with Gasteiger partial charge in [0.1, 0.15) is 5.82 Å². The third-order valence-electron chi connectivity index (χ3n) is 5.02. The Kier molecular flexibility index (Phi) is 4.60. The van der Waals surface area contributed by atoms with Gasteiger partial charge in [-0.3, -0.25) is 0 Å². The maximum Gasteiger partial charge on any atom is 0.111 e. The molecule has 0 atom stereocenters. The van der Waals surface area contributed by atoms with Gasteiger partial charge < -0.3 is 4.57 Å². The fraction of sp³-hybridized carbons (Fsp3) is 0.588. The average Bonchev–Trinajstić information content (AvgIpc) is 3.06. The monoisotopic (exact) mass is 368 g/mol. The van der Waals surface area contributed by atoms with Crippen LogP contribution in [0, 0.1) is 5.41 Å². The van der Waals surface area contributed by atoms with E-state index in [9.17, 15) is 0 Å². The molecular weight excluding hydrogens is 348 g/mol. The van der Waals surface area contributed by atoms with E-state index in [1.807, 2.05) is 0 Å². The molecule has 0 aliphatic heterocycles. The number of halogens is 2. The van der Waals surface area contributed by atoms with Crippen molar-refractivity contribution in [1.29, 1.82) is 0 Å². The molecular formula is C17H22BrClN2. The summed E-state index contributed by atoms with van der Waals surface area (Å²) in [6.45, 7) is 3.43. The molecule has 1 aliphatic carbocycles. The molecule has 114 valence electrons. The van der Waals surface area contributed by atoms with Crippen molar-refractivity contribution in [3.05, 3.63) is 28.5 Å². The summed E-state index contributed by atoms with van der Waals surface area (Å²) < 4.78 is 3.52. The number of hydrogen-bond acceptors (Lipinski definition) is 1.